The summed E-state index contributed by atoms with van der Waals surface area (Å²) in [6.45, 7) is 3.89. The fourth-order valence-corrected chi connectivity index (χ4v) is 4.93. The molecule has 1 aliphatic heterocycles. The average molecular weight is 578 g/mol. The van der Waals surface area contributed by atoms with E-state index in [0.717, 1.165) is 23.1 Å². The first kappa shape index (κ1) is 30.5. The molecular weight excluding hydrogens is 546 g/mol. The Morgan fingerprint density at radius 2 is 1.62 bits per heavy atom. The highest BCUT2D eigenvalue weighted by molar-refractivity contribution is 7.90. The molecule has 0 aromatic heterocycles. The Bertz CT molecular complexity index is 1340. The predicted molar refractivity (Wildman–Crippen MR) is 138 cm³/mol. The maximum atomic E-state index is 12.7. The highest BCUT2D eigenvalue weighted by Crippen LogP contribution is 2.33. The molecule has 0 bridgehead atoms. The first-order valence-corrected chi connectivity index (χ1v) is 14.0. The number of amides is 4. The summed E-state index contributed by atoms with van der Waals surface area (Å²) in [5.41, 5.74) is -2.28. The summed E-state index contributed by atoms with van der Waals surface area (Å²) >= 11 is 0. The maximum Gasteiger partial charge on any atom is 0.338 e. The first-order chi connectivity index (χ1) is 18.6. The molecule has 0 spiro atoms. The minimum atomic E-state index is -4.22. The van der Waals surface area contributed by atoms with Gasteiger partial charge in [-0.3, -0.25) is 24.1 Å². The van der Waals surface area contributed by atoms with E-state index in [1.165, 1.54) is 18.2 Å². The van der Waals surface area contributed by atoms with Gasteiger partial charge in [-0.15, -0.1) is 0 Å². The zero-order chi connectivity index (χ0) is 29.7. The minimum Gasteiger partial charge on any atom is -0.460 e. The molecule has 1 fully saturated rings. The van der Waals surface area contributed by atoms with Crippen LogP contribution in [0, 0.1) is 5.41 Å². The molecule has 13 nitrogen and oxygen atoms in total. The number of nitrogens with one attached hydrogen (secondary N) is 2. The Morgan fingerprint density at radius 3 is 2.20 bits per heavy atom. The molecule has 0 saturated heterocycles. The lowest BCUT2D eigenvalue weighted by molar-refractivity contribution is -0.159. The van der Waals surface area contributed by atoms with Gasteiger partial charge in [0.05, 0.1) is 10.5 Å². The summed E-state index contributed by atoms with van der Waals surface area (Å²) in [4.78, 5) is 73.4. The number of hydrogen-bond acceptors (Lipinski definition) is 10. The second-order valence-corrected chi connectivity index (χ2v) is 12.1. The van der Waals surface area contributed by atoms with Gasteiger partial charge in [0, 0.05) is 30.5 Å². The summed E-state index contributed by atoms with van der Waals surface area (Å²) in [5.74, 6) is -3.83. The van der Waals surface area contributed by atoms with Crippen LogP contribution in [0.4, 0.5) is 0 Å². The standard InChI is InChI=1S/C26H31N3O10S/c1-25(2,3)23(34)28-40(36,37)18-7-4-6-17(16-18)22(33)38-14-15-39-24(35)26(11-5-12-26)27-19(30)10-13-29-20(31)8-9-21(29)32/h4,6-9,16H,5,10-15H2,1-3H3,(H,27,30)(H,28,34). The van der Waals surface area contributed by atoms with E-state index in [1.807, 2.05) is 4.72 Å². The van der Waals surface area contributed by atoms with Crippen molar-refractivity contribution in [2.75, 3.05) is 19.8 Å². The molecule has 40 heavy (non-hydrogen) atoms. The van der Waals surface area contributed by atoms with Gasteiger partial charge in [-0.2, -0.15) is 0 Å². The molecule has 0 unspecified atom stereocenters. The van der Waals surface area contributed by atoms with Gasteiger partial charge in [0.2, 0.25) is 11.8 Å². The summed E-state index contributed by atoms with van der Waals surface area (Å²) in [7, 11) is -4.22. The molecule has 0 atom stereocenters. The van der Waals surface area contributed by atoms with Crippen LogP contribution < -0.4 is 10.0 Å². The largest absolute Gasteiger partial charge is 0.460 e. The van der Waals surface area contributed by atoms with Crippen molar-refractivity contribution >= 4 is 45.6 Å². The van der Waals surface area contributed by atoms with Crippen LogP contribution in [-0.4, -0.2) is 74.2 Å². The zero-order valence-corrected chi connectivity index (χ0v) is 23.2. The highest BCUT2D eigenvalue weighted by Gasteiger charge is 2.47. The summed E-state index contributed by atoms with van der Waals surface area (Å²) in [6, 6.07) is 4.94. The van der Waals surface area contributed by atoms with Gasteiger partial charge < -0.3 is 14.8 Å². The number of rotatable bonds is 11. The molecule has 1 aliphatic carbocycles. The van der Waals surface area contributed by atoms with Gasteiger partial charge in [0.1, 0.15) is 18.8 Å². The molecule has 1 aromatic carbocycles. The van der Waals surface area contributed by atoms with Crippen molar-refractivity contribution in [1.29, 1.82) is 0 Å². The number of esters is 2. The Hall–Kier alpha value is -4.07. The Morgan fingerprint density at radius 1 is 1.00 bits per heavy atom. The normalized spacial score (nSPS) is 16.2. The van der Waals surface area contributed by atoms with E-state index in [9.17, 15) is 37.2 Å². The molecular formula is C26H31N3O10S. The second-order valence-electron chi connectivity index (χ2n) is 10.4. The molecule has 0 radical (unpaired) electrons. The van der Waals surface area contributed by atoms with E-state index in [0.29, 0.717) is 19.3 Å². The third kappa shape index (κ3) is 7.31. The van der Waals surface area contributed by atoms with Crippen molar-refractivity contribution in [2.24, 2.45) is 5.41 Å². The lowest BCUT2D eigenvalue weighted by atomic mass is 9.76. The maximum absolute atomic E-state index is 12.7. The lowest BCUT2D eigenvalue weighted by Crippen LogP contribution is -2.60. The zero-order valence-electron chi connectivity index (χ0n) is 22.4. The molecule has 4 amide bonds. The molecule has 1 aromatic rings. The SMILES string of the molecule is CC(C)(C)C(=O)NS(=O)(=O)c1cccc(C(=O)OCCOC(=O)C2(NC(=O)CCN3C(=O)C=CC3=O)CCC2)c1. The van der Waals surface area contributed by atoms with Crippen LogP contribution in [0.1, 0.15) is 56.8 Å². The van der Waals surface area contributed by atoms with E-state index >= 15 is 0 Å². The van der Waals surface area contributed by atoms with Crippen LogP contribution in [0.3, 0.4) is 0 Å². The Labute approximate surface area is 231 Å². The van der Waals surface area contributed by atoms with Gasteiger partial charge in [0.15, 0.2) is 0 Å². The van der Waals surface area contributed by atoms with E-state index in [1.54, 1.807) is 20.8 Å². The van der Waals surface area contributed by atoms with Crippen molar-refractivity contribution in [3.05, 3.63) is 42.0 Å². The van der Waals surface area contributed by atoms with Crippen molar-refractivity contribution in [1.82, 2.24) is 14.9 Å². The van der Waals surface area contributed by atoms with Crippen molar-refractivity contribution in [3.63, 3.8) is 0 Å². The van der Waals surface area contributed by atoms with Crippen LogP contribution >= 0.6 is 0 Å². The Kier molecular flexibility index (Phi) is 9.13. The molecule has 1 saturated carbocycles. The van der Waals surface area contributed by atoms with Gasteiger partial charge >= 0.3 is 11.9 Å². The van der Waals surface area contributed by atoms with Crippen LogP contribution in [0.15, 0.2) is 41.3 Å². The first-order valence-electron chi connectivity index (χ1n) is 12.5. The topological polar surface area (TPSA) is 182 Å². The molecule has 1 heterocycles. The quantitative estimate of drug-likeness (QED) is 0.214. The average Bonchev–Trinajstić information content (AvgIpc) is 3.18. The third-order valence-corrected chi connectivity index (χ3v) is 7.61. The molecule has 216 valence electrons. The molecule has 3 rings (SSSR count). The highest BCUT2D eigenvalue weighted by atomic mass is 32.2. The van der Waals surface area contributed by atoms with E-state index in [-0.39, 0.29) is 36.6 Å². The summed E-state index contributed by atoms with van der Waals surface area (Å²) in [6.07, 6.45) is 3.41. The number of hydrogen-bond donors (Lipinski definition) is 2. The molecule has 2 aliphatic rings. The van der Waals surface area contributed by atoms with Crippen LogP contribution in [0.2, 0.25) is 0 Å². The van der Waals surface area contributed by atoms with Gasteiger partial charge in [-0.05, 0) is 37.5 Å². The smallest absolute Gasteiger partial charge is 0.338 e. The van der Waals surface area contributed by atoms with Crippen LogP contribution in [0.5, 0.6) is 0 Å². The fraction of sp³-hybridized carbons (Fsp3) is 0.462. The van der Waals surface area contributed by atoms with Crippen LogP contribution in [-0.2, 0) is 43.5 Å². The van der Waals surface area contributed by atoms with Crippen LogP contribution in [0.25, 0.3) is 0 Å². The number of sulfonamides is 1. The molecule has 2 N–H and O–H groups in total. The lowest BCUT2D eigenvalue weighted by Gasteiger charge is -2.39. The van der Waals surface area contributed by atoms with Crippen molar-refractivity contribution in [2.45, 2.75) is 56.9 Å². The second kappa shape index (κ2) is 12.0. The number of carbonyl (C=O) groups excluding carboxylic acids is 6. The summed E-state index contributed by atoms with van der Waals surface area (Å²) < 4.78 is 37.3. The van der Waals surface area contributed by atoms with Crippen molar-refractivity contribution in [3.8, 4) is 0 Å². The van der Waals surface area contributed by atoms with Gasteiger partial charge in [0.25, 0.3) is 21.8 Å². The van der Waals surface area contributed by atoms with Crippen molar-refractivity contribution < 1.29 is 46.7 Å². The number of carbonyl (C=O) groups is 6. The number of nitrogens with zero attached hydrogens (tertiary/aromatic N) is 1. The number of imide groups is 1. The fourth-order valence-electron chi connectivity index (χ4n) is 3.72. The Balaban J connectivity index is 1.47. The van der Waals surface area contributed by atoms with Gasteiger partial charge in [-0.25, -0.2) is 22.7 Å². The monoisotopic (exact) mass is 577 g/mol. The van der Waals surface area contributed by atoms with E-state index in [4.69, 9.17) is 9.47 Å². The summed E-state index contributed by atoms with van der Waals surface area (Å²) in [5, 5.41) is 2.62. The third-order valence-electron chi connectivity index (χ3n) is 6.28. The number of ether oxygens (including phenoxy) is 2. The predicted octanol–water partition coefficient (Wildman–Crippen LogP) is 0.592. The van der Waals surface area contributed by atoms with E-state index < -0.39 is 56.5 Å². The van der Waals surface area contributed by atoms with E-state index in [2.05, 4.69) is 5.32 Å². The van der Waals surface area contributed by atoms with Gasteiger partial charge in [-0.1, -0.05) is 26.8 Å². The minimum absolute atomic E-state index is 0.0923. The molecule has 14 heteroatoms. The number of benzene rings is 1.